The molecule has 4 heteroatoms. The molecule has 0 saturated heterocycles. The highest BCUT2D eigenvalue weighted by atomic mass is 16.4. The molecule has 0 fully saturated rings. The smallest absolute Gasteiger partial charge is 0.305 e. The van der Waals surface area contributed by atoms with E-state index in [4.69, 9.17) is 5.11 Å². The molecule has 1 aromatic rings. The van der Waals surface area contributed by atoms with Gasteiger partial charge >= 0.3 is 5.97 Å². The molecule has 0 bridgehead atoms. The first kappa shape index (κ1) is 17.2. The van der Waals surface area contributed by atoms with Crippen molar-refractivity contribution in [2.45, 2.75) is 46.0 Å². The third kappa shape index (κ3) is 6.43. The topological polar surface area (TPSA) is 57.6 Å². The Morgan fingerprint density at radius 2 is 1.90 bits per heavy atom. The summed E-state index contributed by atoms with van der Waals surface area (Å²) in [5.74, 6) is -0.766. The van der Waals surface area contributed by atoms with Crippen LogP contribution >= 0.6 is 0 Å². The van der Waals surface area contributed by atoms with Crippen molar-refractivity contribution in [1.82, 2.24) is 0 Å². The highest BCUT2D eigenvalue weighted by Gasteiger charge is 2.10. The van der Waals surface area contributed by atoms with E-state index in [1.165, 1.54) is 12.8 Å². The molecule has 0 spiro atoms. The predicted molar refractivity (Wildman–Crippen MR) is 85.1 cm³/mol. The number of carboxylic acid groups (broad SMARTS) is 1. The van der Waals surface area contributed by atoms with Gasteiger partial charge < -0.3 is 10.0 Å². The van der Waals surface area contributed by atoms with Crippen LogP contribution in [0.3, 0.4) is 0 Å². The van der Waals surface area contributed by atoms with Gasteiger partial charge in [0.05, 0.1) is 6.42 Å². The lowest BCUT2D eigenvalue weighted by Crippen LogP contribution is -2.27. The molecule has 0 aliphatic heterocycles. The number of unbranched alkanes of at least 4 members (excludes halogenated alkanes) is 3. The minimum absolute atomic E-state index is 0.0287. The molecule has 1 N–H and O–H groups in total. The normalized spacial score (nSPS) is 10.4. The second-order valence-electron chi connectivity index (χ2n) is 5.30. The molecular weight excluding hydrogens is 266 g/mol. The number of anilines is 1. The lowest BCUT2D eigenvalue weighted by Gasteiger charge is -2.24. The van der Waals surface area contributed by atoms with E-state index in [9.17, 15) is 9.59 Å². The third-order valence-electron chi connectivity index (χ3n) is 3.49. The molecule has 0 saturated carbocycles. The van der Waals surface area contributed by atoms with E-state index in [2.05, 4.69) is 11.8 Å². The third-order valence-corrected chi connectivity index (χ3v) is 3.49. The van der Waals surface area contributed by atoms with E-state index in [1.807, 2.05) is 18.2 Å². The number of ketones is 1. The van der Waals surface area contributed by atoms with Gasteiger partial charge in [0, 0.05) is 24.3 Å². The van der Waals surface area contributed by atoms with E-state index in [-0.39, 0.29) is 12.2 Å². The number of Topliss-reactive ketones (excluding diaryl/α,β-unsaturated/α-hetero) is 1. The SMILES string of the molecule is CCCCCCN(CCC(=O)O)c1cccc(C(C)=O)c1. The Kier molecular flexibility index (Phi) is 7.51. The number of nitrogens with zero attached hydrogens (tertiary/aromatic N) is 1. The fourth-order valence-electron chi connectivity index (χ4n) is 2.25. The number of benzene rings is 1. The summed E-state index contributed by atoms with van der Waals surface area (Å²) >= 11 is 0. The molecule has 1 aromatic carbocycles. The number of carboxylic acids is 1. The maximum atomic E-state index is 11.5. The van der Waals surface area contributed by atoms with E-state index in [0.29, 0.717) is 12.1 Å². The summed E-state index contributed by atoms with van der Waals surface area (Å²) in [5.41, 5.74) is 1.60. The molecule has 0 unspecified atom stereocenters. The quantitative estimate of drug-likeness (QED) is 0.527. The lowest BCUT2D eigenvalue weighted by atomic mass is 10.1. The Morgan fingerprint density at radius 1 is 1.14 bits per heavy atom. The predicted octanol–water partition coefficient (Wildman–Crippen LogP) is 3.75. The van der Waals surface area contributed by atoms with Crippen molar-refractivity contribution in [2.75, 3.05) is 18.0 Å². The first-order chi connectivity index (χ1) is 10.0. The number of carbonyl (C=O) groups excluding carboxylic acids is 1. The molecule has 0 atom stereocenters. The number of aliphatic carboxylic acids is 1. The standard InChI is InChI=1S/C17H25NO3/c1-3-4-5-6-11-18(12-10-17(20)21)16-9-7-8-15(13-16)14(2)19/h7-9,13H,3-6,10-12H2,1-2H3,(H,20,21). The van der Waals surface area contributed by atoms with Crippen LogP contribution in [-0.4, -0.2) is 29.9 Å². The van der Waals surface area contributed by atoms with E-state index in [0.717, 1.165) is 25.1 Å². The van der Waals surface area contributed by atoms with Gasteiger partial charge in [-0.25, -0.2) is 0 Å². The van der Waals surface area contributed by atoms with Crippen LogP contribution in [0.1, 0.15) is 56.3 Å². The van der Waals surface area contributed by atoms with Gasteiger partial charge in [0.2, 0.25) is 0 Å². The van der Waals surface area contributed by atoms with Crippen molar-refractivity contribution in [1.29, 1.82) is 0 Å². The summed E-state index contributed by atoms with van der Waals surface area (Å²) in [6.45, 7) is 5.01. The Labute approximate surface area is 126 Å². The zero-order valence-corrected chi connectivity index (χ0v) is 13.0. The van der Waals surface area contributed by atoms with Crippen molar-refractivity contribution in [3.8, 4) is 0 Å². The summed E-state index contributed by atoms with van der Waals surface area (Å²) < 4.78 is 0. The van der Waals surface area contributed by atoms with Crippen LogP contribution in [0.25, 0.3) is 0 Å². The van der Waals surface area contributed by atoms with Crippen LogP contribution in [0.2, 0.25) is 0 Å². The van der Waals surface area contributed by atoms with E-state index < -0.39 is 5.97 Å². The maximum absolute atomic E-state index is 11.5. The van der Waals surface area contributed by atoms with Gasteiger partial charge in [-0.3, -0.25) is 9.59 Å². The Balaban J connectivity index is 2.75. The second-order valence-corrected chi connectivity index (χ2v) is 5.30. The van der Waals surface area contributed by atoms with Gasteiger partial charge in [0.1, 0.15) is 0 Å². The Bertz CT molecular complexity index is 471. The van der Waals surface area contributed by atoms with Crippen molar-refractivity contribution in [2.24, 2.45) is 0 Å². The van der Waals surface area contributed by atoms with Gasteiger partial charge in [-0.2, -0.15) is 0 Å². The number of hydrogen-bond acceptors (Lipinski definition) is 3. The Morgan fingerprint density at radius 3 is 2.52 bits per heavy atom. The van der Waals surface area contributed by atoms with Crippen LogP contribution in [0.5, 0.6) is 0 Å². The van der Waals surface area contributed by atoms with Crippen molar-refractivity contribution < 1.29 is 14.7 Å². The monoisotopic (exact) mass is 291 g/mol. The number of carbonyl (C=O) groups is 2. The number of hydrogen-bond donors (Lipinski definition) is 1. The summed E-state index contributed by atoms with van der Waals surface area (Å²) in [5, 5.41) is 8.88. The van der Waals surface area contributed by atoms with Gasteiger partial charge in [-0.05, 0) is 25.5 Å². The second kappa shape index (κ2) is 9.16. The maximum Gasteiger partial charge on any atom is 0.305 e. The van der Waals surface area contributed by atoms with Gasteiger partial charge in [-0.15, -0.1) is 0 Å². The van der Waals surface area contributed by atoms with Crippen LogP contribution < -0.4 is 4.90 Å². The van der Waals surface area contributed by atoms with Gasteiger partial charge in [0.15, 0.2) is 5.78 Å². The minimum Gasteiger partial charge on any atom is -0.481 e. The summed E-state index contributed by atoms with van der Waals surface area (Å²) in [6, 6.07) is 7.43. The van der Waals surface area contributed by atoms with Crippen LogP contribution in [0, 0.1) is 0 Å². The number of rotatable bonds is 10. The molecule has 0 amide bonds. The van der Waals surface area contributed by atoms with Crippen molar-refractivity contribution >= 4 is 17.4 Å². The van der Waals surface area contributed by atoms with Crippen molar-refractivity contribution in [3.05, 3.63) is 29.8 Å². The lowest BCUT2D eigenvalue weighted by molar-refractivity contribution is -0.136. The summed E-state index contributed by atoms with van der Waals surface area (Å²) in [6.07, 6.45) is 4.66. The molecule has 4 nitrogen and oxygen atoms in total. The minimum atomic E-state index is -0.795. The largest absolute Gasteiger partial charge is 0.481 e. The average Bonchev–Trinajstić information content (AvgIpc) is 2.46. The molecule has 0 aromatic heterocycles. The Hall–Kier alpha value is -1.84. The van der Waals surface area contributed by atoms with Gasteiger partial charge in [0.25, 0.3) is 0 Å². The highest BCUT2D eigenvalue weighted by molar-refractivity contribution is 5.95. The van der Waals surface area contributed by atoms with Crippen LogP contribution in [-0.2, 0) is 4.79 Å². The molecule has 0 aliphatic rings. The van der Waals surface area contributed by atoms with E-state index in [1.54, 1.807) is 13.0 Å². The summed E-state index contributed by atoms with van der Waals surface area (Å²) in [4.78, 5) is 24.3. The molecule has 116 valence electrons. The molecule has 0 heterocycles. The van der Waals surface area contributed by atoms with Crippen LogP contribution in [0.15, 0.2) is 24.3 Å². The zero-order valence-electron chi connectivity index (χ0n) is 13.0. The van der Waals surface area contributed by atoms with Crippen LogP contribution in [0.4, 0.5) is 5.69 Å². The molecule has 0 aliphatic carbocycles. The molecule has 21 heavy (non-hydrogen) atoms. The fourth-order valence-corrected chi connectivity index (χ4v) is 2.25. The molecule has 1 rings (SSSR count). The first-order valence-electron chi connectivity index (χ1n) is 7.62. The first-order valence-corrected chi connectivity index (χ1v) is 7.62. The molecule has 0 radical (unpaired) electrons. The van der Waals surface area contributed by atoms with Gasteiger partial charge in [-0.1, -0.05) is 38.3 Å². The average molecular weight is 291 g/mol. The van der Waals surface area contributed by atoms with Crippen molar-refractivity contribution in [3.63, 3.8) is 0 Å². The highest BCUT2D eigenvalue weighted by Crippen LogP contribution is 2.18. The summed E-state index contributed by atoms with van der Waals surface area (Å²) in [7, 11) is 0. The zero-order chi connectivity index (χ0) is 15.7. The van der Waals surface area contributed by atoms with E-state index >= 15 is 0 Å². The fraction of sp³-hybridized carbons (Fsp3) is 0.529. The molecular formula is C17H25NO3.